The van der Waals surface area contributed by atoms with Crippen LogP contribution in [0.25, 0.3) is 0 Å². The number of hydrogen-bond donors (Lipinski definition) is 0. The molecule has 0 heterocycles. The predicted molar refractivity (Wildman–Crippen MR) is 20.3 cm³/mol. The average molecular weight is 80.0 g/mol. The third-order valence-corrected chi connectivity index (χ3v) is 0. The van der Waals surface area contributed by atoms with Crippen molar-refractivity contribution in [1.82, 2.24) is 0 Å². The van der Waals surface area contributed by atoms with Gasteiger partial charge in [-0.25, -0.2) is 4.39 Å². The molecule has 0 fully saturated rings. The van der Waals surface area contributed by atoms with E-state index in [1.165, 1.54) is 6.92 Å². The summed E-state index contributed by atoms with van der Waals surface area (Å²) in [6, 6.07) is 0. The maximum atomic E-state index is 11.0. The average Bonchev–Trinajstić information content (AvgIpc) is 0.811. The van der Waals surface area contributed by atoms with Gasteiger partial charge >= 0.3 is 0 Å². The van der Waals surface area contributed by atoms with E-state index in [-0.39, 0.29) is 0 Å². The van der Waals surface area contributed by atoms with Crippen LogP contribution in [0.15, 0.2) is 0 Å². The molecule has 4 heavy (non-hydrogen) atoms. The molecule has 0 aromatic carbocycles. The lowest BCUT2D eigenvalue weighted by Crippen LogP contribution is -1.65. The van der Waals surface area contributed by atoms with Crippen LogP contribution in [0, 0.1) is 0 Å². The molecule has 0 aromatic heterocycles. The number of halogens is 1. The van der Waals surface area contributed by atoms with Gasteiger partial charge in [-0.2, -0.15) is 0 Å². The summed E-state index contributed by atoms with van der Waals surface area (Å²) in [6.07, 6.45) is 0. The Bertz CT molecular complexity index is 10.8. The van der Waals surface area contributed by atoms with Crippen LogP contribution in [0.1, 0.15) is 6.92 Å². The molecule has 0 aliphatic carbocycles. The van der Waals surface area contributed by atoms with Crippen molar-refractivity contribution in [3.63, 3.8) is 0 Å². The third kappa shape index (κ3) is 33.7. The molecule has 0 radical (unpaired) electrons. The van der Waals surface area contributed by atoms with Crippen LogP contribution in [-0.2, 0) is 0 Å². The molecule has 0 spiro atoms. The van der Waals surface area contributed by atoms with Gasteiger partial charge in [0, 0.05) is 0 Å². The van der Waals surface area contributed by atoms with E-state index in [1.807, 2.05) is 9.24 Å². The first kappa shape index (κ1) is 4.36. The molecule has 0 saturated heterocycles. The van der Waals surface area contributed by atoms with Crippen LogP contribution in [-0.4, -0.2) is 5.91 Å². The smallest absolute Gasteiger partial charge is 0.110 e. The van der Waals surface area contributed by atoms with Gasteiger partial charge in [0.05, 0.1) is 0 Å². The van der Waals surface area contributed by atoms with Crippen LogP contribution in [0.5, 0.6) is 0 Å². The van der Waals surface area contributed by atoms with E-state index in [0.29, 0.717) is 0 Å². The van der Waals surface area contributed by atoms with Crippen LogP contribution in [0.3, 0.4) is 0 Å². The highest BCUT2D eigenvalue weighted by atomic mass is 31.0. The first-order valence-corrected chi connectivity index (χ1v) is 1.80. The zero-order chi connectivity index (χ0) is 3.58. The van der Waals surface area contributed by atoms with E-state index in [9.17, 15) is 4.39 Å². The van der Waals surface area contributed by atoms with E-state index < -0.39 is 5.91 Å². The van der Waals surface area contributed by atoms with Gasteiger partial charge in [-0.15, -0.1) is 9.24 Å². The standard InChI is InChI=1S/C2H6FP/c1-2(3)4/h2H,4H2,1H3. The molecule has 0 nitrogen and oxygen atoms in total. The number of hydrogen-bond acceptors (Lipinski definition) is 0. The van der Waals surface area contributed by atoms with E-state index >= 15 is 0 Å². The monoisotopic (exact) mass is 80.0 g/mol. The molecular formula is C2H6FP. The molecule has 26 valence electrons. The minimum atomic E-state index is -0.750. The Labute approximate surface area is 27.6 Å². The Balaban J connectivity index is 2.32. The minimum absolute atomic E-state index is 0.750. The molecule has 2 heteroatoms. The lowest BCUT2D eigenvalue weighted by atomic mass is 10.9. The van der Waals surface area contributed by atoms with Crippen LogP contribution >= 0.6 is 9.24 Å². The molecule has 0 N–H and O–H groups in total. The molecule has 0 aliphatic rings. The quantitative estimate of drug-likeness (QED) is 0.383. The first-order valence-electron chi connectivity index (χ1n) is 1.13. The lowest BCUT2D eigenvalue weighted by Gasteiger charge is -1.74. The largest absolute Gasteiger partial charge is 0.243 e. The van der Waals surface area contributed by atoms with Crippen molar-refractivity contribution >= 4 is 9.24 Å². The Morgan fingerprint density at radius 3 is 2.00 bits per heavy atom. The summed E-state index contributed by atoms with van der Waals surface area (Å²) in [6.45, 7) is 1.46. The third-order valence-electron chi connectivity index (χ3n) is 0. The summed E-state index contributed by atoms with van der Waals surface area (Å²) in [5, 5.41) is 0. The fraction of sp³-hybridized carbons (Fsp3) is 1.00. The fourth-order valence-electron chi connectivity index (χ4n) is 0. The summed E-state index contributed by atoms with van der Waals surface area (Å²) in [5.41, 5.74) is 0. The van der Waals surface area contributed by atoms with Gasteiger partial charge in [0.1, 0.15) is 5.91 Å². The van der Waals surface area contributed by atoms with Gasteiger partial charge in [0.2, 0.25) is 0 Å². The van der Waals surface area contributed by atoms with Crippen LogP contribution in [0.2, 0.25) is 0 Å². The molecule has 0 aliphatic heterocycles. The molecule has 0 bridgehead atoms. The molecule has 0 amide bonds. The van der Waals surface area contributed by atoms with E-state index in [2.05, 4.69) is 0 Å². The number of rotatable bonds is 0. The van der Waals surface area contributed by atoms with E-state index in [4.69, 9.17) is 0 Å². The van der Waals surface area contributed by atoms with Crippen molar-refractivity contribution in [2.24, 2.45) is 0 Å². The van der Waals surface area contributed by atoms with Crippen molar-refractivity contribution in [2.75, 3.05) is 0 Å². The summed E-state index contributed by atoms with van der Waals surface area (Å²) in [7, 11) is 1.99. The molecule has 0 rings (SSSR count). The number of alkyl halides is 1. The second kappa shape index (κ2) is 1.66. The Kier molecular flexibility index (Phi) is 1.81. The van der Waals surface area contributed by atoms with Crippen LogP contribution in [0.4, 0.5) is 4.39 Å². The highest BCUT2D eigenvalue weighted by molar-refractivity contribution is 7.17. The van der Waals surface area contributed by atoms with Gasteiger partial charge < -0.3 is 0 Å². The van der Waals surface area contributed by atoms with Gasteiger partial charge in [-0.3, -0.25) is 0 Å². The van der Waals surface area contributed by atoms with Crippen molar-refractivity contribution in [2.45, 2.75) is 12.8 Å². The summed E-state index contributed by atoms with van der Waals surface area (Å²) in [5.74, 6) is -0.750. The molecule has 2 unspecified atom stereocenters. The maximum Gasteiger partial charge on any atom is 0.110 e. The molecule has 0 saturated carbocycles. The highest BCUT2D eigenvalue weighted by Gasteiger charge is 1.73. The Morgan fingerprint density at radius 1 is 2.00 bits per heavy atom. The highest BCUT2D eigenvalue weighted by Crippen LogP contribution is 1.94. The second-order valence-corrected chi connectivity index (χ2v) is 1.60. The maximum absolute atomic E-state index is 11.0. The fourth-order valence-corrected chi connectivity index (χ4v) is 0. The predicted octanol–water partition coefficient (Wildman–Crippen LogP) is 1.18. The SMILES string of the molecule is CC(F)P. The van der Waals surface area contributed by atoms with E-state index in [0.717, 1.165) is 0 Å². The summed E-state index contributed by atoms with van der Waals surface area (Å²) < 4.78 is 11.0. The first-order chi connectivity index (χ1) is 1.73. The molecule has 2 atom stereocenters. The van der Waals surface area contributed by atoms with Gasteiger partial charge in [0.25, 0.3) is 0 Å². The zero-order valence-corrected chi connectivity index (χ0v) is 3.69. The van der Waals surface area contributed by atoms with Crippen molar-refractivity contribution in [3.8, 4) is 0 Å². The van der Waals surface area contributed by atoms with Crippen molar-refractivity contribution < 1.29 is 4.39 Å². The van der Waals surface area contributed by atoms with Crippen LogP contribution < -0.4 is 0 Å². The Morgan fingerprint density at radius 2 is 2.00 bits per heavy atom. The normalized spacial score (nSPS) is 15.8. The summed E-state index contributed by atoms with van der Waals surface area (Å²) >= 11 is 0. The molecule has 0 aromatic rings. The lowest BCUT2D eigenvalue weighted by molar-refractivity contribution is 0.483. The topological polar surface area (TPSA) is 0 Å². The van der Waals surface area contributed by atoms with Gasteiger partial charge in [0.15, 0.2) is 0 Å². The van der Waals surface area contributed by atoms with Crippen molar-refractivity contribution in [1.29, 1.82) is 0 Å². The summed E-state index contributed by atoms with van der Waals surface area (Å²) in [4.78, 5) is 0. The second-order valence-electron chi connectivity index (χ2n) is 0.678. The minimum Gasteiger partial charge on any atom is -0.243 e. The Hall–Kier alpha value is 0.360. The van der Waals surface area contributed by atoms with Gasteiger partial charge in [-0.05, 0) is 6.92 Å². The zero-order valence-electron chi connectivity index (χ0n) is 2.53. The van der Waals surface area contributed by atoms with E-state index in [1.54, 1.807) is 0 Å². The van der Waals surface area contributed by atoms with Crippen molar-refractivity contribution in [3.05, 3.63) is 0 Å². The van der Waals surface area contributed by atoms with Gasteiger partial charge in [-0.1, -0.05) is 0 Å². The molecular weight excluding hydrogens is 74.0 g/mol.